The molecular formula is C17H14BrN. The molecule has 0 saturated heterocycles. The third-order valence-electron chi connectivity index (χ3n) is 3.43. The highest BCUT2D eigenvalue weighted by Crippen LogP contribution is 2.33. The Kier molecular flexibility index (Phi) is 3.11. The molecule has 3 rings (SSSR count). The van der Waals surface area contributed by atoms with E-state index in [0.717, 1.165) is 21.2 Å². The number of hydrogen-bond acceptors (Lipinski definition) is 1. The molecule has 0 radical (unpaired) electrons. The minimum atomic E-state index is 1.05. The lowest BCUT2D eigenvalue weighted by Gasteiger charge is -2.12. The zero-order valence-electron chi connectivity index (χ0n) is 10.9. The van der Waals surface area contributed by atoms with Crippen LogP contribution in [-0.2, 0) is 0 Å². The van der Waals surface area contributed by atoms with E-state index in [-0.39, 0.29) is 0 Å². The van der Waals surface area contributed by atoms with Crippen LogP contribution in [-0.4, -0.2) is 4.98 Å². The van der Waals surface area contributed by atoms with Crippen molar-refractivity contribution in [1.29, 1.82) is 0 Å². The molecule has 0 spiro atoms. The number of hydrogen-bond donors (Lipinski definition) is 0. The lowest BCUT2D eigenvalue weighted by molar-refractivity contribution is 1.29. The Morgan fingerprint density at radius 1 is 0.895 bits per heavy atom. The van der Waals surface area contributed by atoms with Gasteiger partial charge in [0.1, 0.15) is 0 Å². The molecule has 19 heavy (non-hydrogen) atoms. The Balaban J connectivity index is 2.39. The van der Waals surface area contributed by atoms with Gasteiger partial charge in [0.2, 0.25) is 0 Å². The van der Waals surface area contributed by atoms with Gasteiger partial charge in [0.05, 0.1) is 11.2 Å². The topological polar surface area (TPSA) is 12.9 Å². The number of nitrogens with zero attached hydrogens (tertiary/aromatic N) is 1. The molecule has 0 N–H and O–H groups in total. The summed E-state index contributed by atoms with van der Waals surface area (Å²) >= 11 is 3.72. The first-order valence-electron chi connectivity index (χ1n) is 6.29. The first-order chi connectivity index (χ1) is 9.18. The van der Waals surface area contributed by atoms with Crippen molar-refractivity contribution in [3.8, 4) is 11.3 Å². The summed E-state index contributed by atoms with van der Waals surface area (Å²) in [5.41, 5.74) is 5.67. The van der Waals surface area contributed by atoms with E-state index in [1.165, 1.54) is 16.5 Å². The van der Waals surface area contributed by atoms with E-state index >= 15 is 0 Å². The van der Waals surface area contributed by atoms with Crippen LogP contribution in [0.1, 0.15) is 11.1 Å². The highest BCUT2D eigenvalue weighted by molar-refractivity contribution is 9.10. The van der Waals surface area contributed by atoms with Crippen LogP contribution < -0.4 is 0 Å². The molecule has 2 aromatic carbocycles. The van der Waals surface area contributed by atoms with Crippen LogP contribution in [0.4, 0.5) is 0 Å². The molecule has 0 aliphatic rings. The zero-order chi connectivity index (χ0) is 13.4. The van der Waals surface area contributed by atoms with Crippen molar-refractivity contribution < 1.29 is 0 Å². The molecule has 0 fully saturated rings. The van der Waals surface area contributed by atoms with Gasteiger partial charge in [-0.15, -0.1) is 0 Å². The number of aryl methyl sites for hydroxylation is 1. The SMILES string of the molecule is Cc1c(-c2ccccc2)nc2c(C)cccc2c1Br. The van der Waals surface area contributed by atoms with E-state index < -0.39 is 0 Å². The highest BCUT2D eigenvalue weighted by Gasteiger charge is 2.12. The molecule has 0 unspecified atom stereocenters. The van der Waals surface area contributed by atoms with Crippen molar-refractivity contribution in [1.82, 2.24) is 4.98 Å². The van der Waals surface area contributed by atoms with Gasteiger partial charge in [-0.1, -0.05) is 48.5 Å². The van der Waals surface area contributed by atoms with Crippen molar-refractivity contribution in [2.24, 2.45) is 0 Å². The predicted octanol–water partition coefficient (Wildman–Crippen LogP) is 5.28. The fourth-order valence-corrected chi connectivity index (χ4v) is 2.87. The number of benzene rings is 2. The van der Waals surface area contributed by atoms with E-state index in [1.807, 2.05) is 18.2 Å². The van der Waals surface area contributed by atoms with Crippen LogP contribution in [0.5, 0.6) is 0 Å². The van der Waals surface area contributed by atoms with Gasteiger partial charge in [-0.25, -0.2) is 4.98 Å². The van der Waals surface area contributed by atoms with Gasteiger partial charge < -0.3 is 0 Å². The van der Waals surface area contributed by atoms with Gasteiger partial charge in [0, 0.05) is 15.4 Å². The molecular weight excluding hydrogens is 298 g/mol. The molecule has 94 valence electrons. The first-order valence-corrected chi connectivity index (χ1v) is 7.08. The van der Waals surface area contributed by atoms with Crippen molar-refractivity contribution in [3.05, 3.63) is 64.1 Å². The third kappa shape index (κ3) is 2.06. The maximum Gasteiger partial charge on any atom is 0.0750 e. The summed E-state index contributed by atoms with van der Waals surface area (Å²) in [5.74, 6) is 0. The Labute approximate surface area is 121 Å². The number of aromatic nitrogens is 1. The summed E-state index contributed by atoms with van der Waals surface area (Å²) in [6, 6.07) is 16.6. The van der Waals surface area contributed by atoms with Crippen LogP contribution in [0.3, 0.4) is 0 Å². The summed E-state index contributed by atoms with van der Waals surface area (Å²) in [6.45, 7) is 4.22. The summed E-state index contributed by atoms with van der Waals surface area (Å²) in [7, 11) is 0. The second-order valence-corrected chi connectivity index (χ2v) is 5.53. The molecule has 0 aliphatic heterocycles. The molecule has 3 aromatic rings. The number of rotatable bonds is 1. The second kappa shape index (κ2) is 4.78. The second-order valence-electron chi connectivity index (χ2n) is 4.74. The van der Waals surface area contributed by atoms with Crippen molar-refractivity contribution >= 4 is 26.8 Å². The van der Waals surface area contributed by atoms with Gasteiger partial charge >= 0.3 is 0 Å². The van der Waals surface area contributed by atoms with Gasteiger partial charge in [-0.2, -0.15) is 0 Å². The first kappa shape index (κ1) is 12.4. The van der Waals surface area contributed by atoms with Gasteiger partial charge in [-0.05, 0) is 40.9 Å². The lowest BCUT2D eigenvalue weighted by Crippen LogP contribution is -1.93. The number of fused-ring (bicyclic) bond motifs is 1. The normalized spacial score (nSPS) is 10.9. The maximum absolute atomic E-state index is 4.88. The number of halogens is 1. The van der Waals surface area contributed by atoms with Crippen LogP contribution in [0.2, 0.25) is 0 Å². The summed E-state index contributed by atoms with van der Waals surface area (Å²) in [4.78, 5) is 4.88. The standard InChI is InChI=1S/C17H14BrN/c1-11-7-6-10-14-15(18)12(2)17(19-16(11)14)13-8-4-3-5-9-13/h3-10H,1-2H3. The lowest BCUT2D eigenvalue weighted by atomic mass is 10.0. The Morgan fingerprint density at radius 2 is 1.63 bits per heavy atom. The molecule has 0 bridgehead atoms. The van der Waals surface area contributed by atoms with Crippen LogP contribution in [0, 0.1) is 13.8 Å². The summed E-state index contributed by atoms with van der Waals surface area (Å²) < 4.78 is 1.14. The molecule has 0 aliphatic carbocycles. The quantitative estimate of drug-likeness (QED) is 0.595. The third-order valence-corrected chi connectivity index (χ3v) is 4.45. The maximum atomic E-state index is 4.88. The Bertz CT molecular complexity index is 748. The van der Waals surface area contributed by atoms with Gasteiger partial charge in [-0.3, -0.25) is 0 Å². The zero-order valence-corrected chi connectivity index (χ0v) is 12.5. The minimum Gasteiger partial charge on any atom is -0.247 e. The van der Waals surface area contributed by atoms with E-state index in [2.05, 4.69) is 60.1 Å². The Hall–Kier alpha value is -1.67. The number of pyridine rings is 1. The van der Waals surface area contributed by atoms with E-state index in [4.69, 9.17) is 4.98 Å². The molecule has 1 heterocycles. The van der Waals surface area contributed by atoms with Crippen molar-refractivity contribution in [3.63, 3.8) is 0 Å². The average Bonchev–Trinajstić information content (AvgIpc) is 2.44. The van der Waals surface area contributed by atoms with Gasteiger partial charge in [0.15, 0.2) is 0 Å². The molecule has 1 nitrogen and oxygen atoms in total. The van der Waals surface area contributed by atoms with Crippen LogP contribution >= 0.6 is 15.9 Å². The molecule has 0 saturated carbocycles. The molecule has 0 atom stereocenters. The fraction of sp³-hybridized carbons (Fsp3) is 0.118. The van der Waals surface area contributed by atoms with E-state index in [9.17, 15) is 0 Å². The largest absolute Gasteiger partial charge is 0.247 e. The monoisotopic (exact) mass is 311 g/mol. The van der Waals surface area contributed by atoms with E-state index in [1.54, 1.807) is 0 Å². The fourth-order valence-electron chi connectivity index (χ4n) is 2.36. The smallest absolute Gasteiger partial charge is 0.0750 e. The predicted molar refractivity (Wildman–Crippen MR) is 84.4 cm³/mol. The molecule has 0 amide bonds. The summed E-state index contributed by atoms with van der Waals surface area (Å²) in [5, 5.41) is 1.18. The highest BCUT2D eigenvalue weighted by atomic mass is 79.9. The average molecular weight is 312 g/mol. The summed E-state index contributed by atoms with van der Waals surface area (Å²) in [6.07, 6.45) is 0. The molecule has 2 heteroatoms. The molecule has 1 aromatic heterocycles. The van der Waals surface area contributed by atoms with Crippen molar-refractivity contribution in [2.45, 2.75) is 13.8 Å². The van der Waals surface area contributed by atoms with Crippen LogP contribution in [0.25, 0.3) is 22.2 Å². The van der Waals surface area contributed by atoms with Crippen molar-refractivity contribution in [2.75, 3.05) is 0 Å². The van der Waals surface area contributed by atoms with Gasteiger partial charge in [0.25, 0.3) is 0 Å². The Morgan fingerprint density at radius 3 is 2.37 bits per heavy atom. The van der Waals surface area contributed by atoms with Crippen LogP contribution in [0.15, 0.2) is 53.0 Å². The minimum absolute atomic E-state index is 1.05. The van der Waals surface area contributed by atoms with E-state index in [0.29, 0.717) is 0 Å². The number of para-hydroxylation sites is 1.